The van der Waals surface area contributed by atoms with E-state index >= 15 is 0 Å². The molecule has 172 valence electrons. The third kappa shape index (κ3) is 6.34. The fourth-order valence-corrected chi connectivity index (χ4v) is 2.98. The number of azo groups is 1. The molecule has 0 saturated carbocycles. The predicted molar refractivity (Wildman–Crippen MR) is 121 cm³/mol. The number of nitrogens with zero attached hydrogens (tertiary/aromatic N) is 2. The van der Waals surface area contributed by atoms with Crippen LogP contribution in [-0.4, -0.2) is 45.2 Å². The van der Waals surface area contributed by atoms with E-state index in [1.807, 2.05) is 13.8 Å². The normalized spacial score (nSPS) is 11.7. The molecule has 2 aromatic rings. The zero-order valence-electron chi connectivity index (χ0n) is 18.6. The number of rotatable bonds is 11. The maximum absolute atomic E-state index is 12.8. The summed E-state index contributed by atoms with van der Waals surface area (Å²) in [7, 11) is 2.87. The second-order valence-corrected chi connectivity index (χ2v) is 6.84. The molecule has 1 amide bonds. The second kappa shape index (κ2) is 11.9. The Morgan fingerprint density at radius 1 is 1.00 bits per heavy atom. The lowest BCUT2D eigenvalue weighted by molar-refractivity contribution is -0.126. The number of halogens is 1. The number of methoxy groups -OCH3 is 2. The van der Waals surface area contributed by atoms with Gasteiger partial charge in [-0.25, -0.2) is 0 Å². The van der Waals surface area contributed by atoms with E-state index in [0.29, 0.717) is 41.2 Å². The van der Waals surface area contributed by atoms with Gasteiger partial charge in [-0.05, 0) is 39.0 Å². The molecule has 0 aliphatic carbocycles. The molecule has 10 heteroatoms. The number of Topliss-reactive ketones (excluding diaryl/α,β-unsaturated/α-hetero) is 1. The lowest BCUT2D eigenvalue weighted by Gasteiger charge is -2.15. The third-order valence-electron chi connectivity index (χ3n) is 4.15. The summed E-state index contributed by atoms with van der Waals surface area (Å²) in [5, 5.41) is 10.9. The summed E-state index contributed by atoms with van der Waals surface area (Å²) in [5.41, 5.74) is 0.640. The summed E-state index contributed by atoms with van der Waals surface area (Å²) >= 11 is 6.08. The van der Waals surface area contributed by atoms with Crippen LogP contribution in [0.25, 0.3) is 0 Å². The van der Waals surface area contributed by atoms with Crippen molar-refractivity contribution in [3.63, 3.8) is 0 Å². The van der Waals surface area contributed by atoms with Gasteiger partial charge < -0.3 is 24.3 Å². The highest BCUT2D eigenvalue weighted by molar-refractivity contribution is 6.31. The van der Waals surface area contributed by atoms with Crippen molar-refractivity contribution in [2.75, 3.05) is 32.8 Å². The van der Waals surface area contributed by atoms with Gasteiger partial charge in [0.2, 0.25) is 6.04 Å². The van der Waals surface area contributed by atoms with E-state index < -0.39 is 17.7 Å². The van der Waals surface area contributed by atoms with Gasteiger partial charge in [-0.2, -0.15) is 10.2 Å². The molecule has 0 aromatic heterocycles. The Hall–Kier alpha value is -3.33. The molecular formula is C22H26ClN3O6. The maximum atomic E-state index is 12.8. The number of nitrogens with one attached hydrogen (secondary N) is 1. The van der Waals surface area contributed by atoms with Crippen molar-refractivity contribution < 1.29 is 28.5 Å². The molecule has 0 aliphatic heterocycles. The first-order valence-electron chi connectivity index (χ1n) is 9.87. The monoisotopic (exact) mass is 463 g/mol. The summed E-state index contributed by atoms with van der Waals surface area (Å²) in [6.45, 7) is 5.88. The predicted octanol–water partition coefficient (Wildman–Crippen LogP) is 4.83. The van der Waals surface area contributed by atoms with Crippen LogP contribution in [-0.2, 0) is 9.59 Å². The van der Waals surface area contributed by atoms with Gasteiger partial charge in [0.05, 0.1) is 38.8 Å². The van der Waals surface area contributed by atoms with Gasteiger partial charge in [0, 0.05) is 17.2 Å². The standard InChI is InChI=1S/C22H26ClN3O6/c1-6-31-17-9-8-15(12-18(17)32-7-2)25-26-20(13(3)27)22(28)24-16-10-14(23)11-19(29-4)21(16)30-5/h8-12,20H,6-7H2,1-5H3,(H,24,28). The Morgan fingerprint density at radius 2 is 1.69 bits per heavy atom. The Balaban J connectivity index is 2.29. The summed E-state index contributed by atoms with van der Waals surface area (Å²) in [6, 6.07) is 6.60. The number of hydrogen-bond donors (Lipinski definition) is 1. The van der Waals surface area contributed by atoms with E-state index in [-0.39, 0.29) is 11.4 Å². The molecule has 0 heterocycles. The van der Waals surface area contributed by atoms with Crippen molar-refractivity contribution in [1.82, 2.24) is 0 Å². The molecule has 0 aliphatic rings. The minimum absolute atomic E-state index is 0.239. The van der Waals surface area contributed by atoms with Crippen molar-refractivity contribution in [2.24, 2.45) is 10.2 Å². The number of carbonyl (C=O) groups excluding carboxylic acids is 2. The lowest BCUT2D eigenvalue weighted by atomic mass is 10.2. The molecule has 0 saturated heterocycles. The first-order valence-corrected chi connectivity index (χ1v) is 10.3. The van der Waals surface area contributed by atoms with Crippen molar-refractivity contribution in [3.05, 3.63) is 35.4 Å². The highest BCUT2D eigenvalue weighted by Crippen LogP contribution is 2.38. The van der Waals surface area contributed by atoms with Gasteiger partial charge in [0.1, 0.15) is 0 Å². The average molecular weight is 464 g/mol. The zero-order valence-corrected chi connectivity index (χ0v) is 19.4. The molecule has 2 rings (SSSR count). The SMILES string of the molecule is CCOc1ccc(N=NC(C(C)=O)C(=O)Nc2cc(Cl)cc(OC)c2OC)cc1OCC. The number of benzene rings is 2. The van der Waals surface area contributed by atoms with Crippen LogP contribution in [0.4, 0.5) is 11.4 Å². The van der Waals surface area contributed by atoms with Crippen LogP contribution < -0.4 is 24.3 Å². The summed E-state index contributed by atoms with van der Waals surface area (Å²) in [6.07, 6.45) is 0. The largest absolute Gasteiger partial charge is 0.493 e. The summed E-state index contributed by atoms with van der Waals surface area (Å²) in [4.78, 5) is 24.9. The van der Waals surface area contributed by atoms with Crippen molar-refractivity contribution in [3.8, 4) is 23.0 Å². The van der Waals surface area contributed by atoms with E-state index in [2.05, 4.69) is 15.5 Å². The van der Waals surface area contributed by atoms with Crippen LogP contribution in [0.3, 0.4) is 0 Å². The van der Waals surface area contributed by atoms with Crippen LogP contribution >= 0.6 is 11.6 Å². The first-order chi connectivity index (χ1) is 15.3. The Morgan fingerprint density at radius 3 is 2.28 bits per heavy atom. The van der Waals surface area contributed by atoms with Crippen LogP contribution in [0.15, 0.2) is 40.6 Å². The topological polar surface area (TPSA) is 108 Å². The molecule has 0 radical (unpaired) electrons. The van der Waals surface area contributed by atoms with E-state index in [1.165, 1.54) is 27.2 Å². The van der Waals surface area contributed by atoms with Gasteiger partial charge in [0.15, 0.2) is 28.8 Å². The molecule has 1 N–H and O–H groups in total. The minimum Gasteiger partial charge on any atom is -0.493 e. The molecule has 9 nitrogen and oxygen atoms in total. The molecular weight excluding hydrogens is 438 g/mol. The fraction of sp³-hybridized carbons (Fsp3) is 0.364. The van der Waals surface area contributed by atoms with E-state index in [0.717, 1.165) is 0 Å². The quantitative estimate of drug-likeness (QED) is 0.377. The van der Waals surface area contributed by atoms with Crippen molar-refractivity contribution >= 4 is 34.7 Å². The zero-order chi connectivity index (χ0) is 23.7. The molecule has 0 bridgehead atoms. The number of anilines is 1. The first kappa shape index (κ1) is 24.9. The molecule has 2 aromatic carbocycles. The van der Waals surface area contributed by atoms with Gasteiger partial charge >= 0.3 is 0 Å². The van der Waals surface area contributed by atoms with Crippen LogP contribution in [0.2, 0.25) is 5.02 Å². The lowest BCUT2D eigenvalue weighted by Crippen LogP contribution is -2.32. The maximum Gasteiger partial charge on any atom is 0.258 e. The molecule has 1 atom stereocenters. The molecule has 0 fully saturated rings. The van der Waals surface area contributed by atoms with Gasteiger partial charge in [-0.1, -0.05) is 11.6 Å². The van der Waals surface area contributed by atoms with E-state index in [1.54, 1.807) is 24.3 Å². The van der Waals surface area contributed by atoms with Crippen molar-refractivity contribution in [2.45, 2.75) is 26.8 Å². The fourth-order valence-electron chi connectivity index (χ4n) is 2.77. The average Bonchev–Trinajstić information content (AvgIpc) is 2.75. The molecule has 32 heavy (non-hydrogen) atoms. The van der Waals surface area contributed by atoms with Crippen LogP contribution in [0, 0.1) is 0 Å². The highest BCUT2D eigenvalue weighted by atomic mass is 35.5. The van der Waals surface area contributed by atoms with Crippen LogP contribution in [0.1, 0.15) is 20.8 Å². The Labute approximate surface area is 191 Å². The van der Waals surface area contributed by atoms with E-state index in [9.17, 15) is 9.59 Å². The van der Waals surface area contributed by atoms with E-state index in [4.69, 9.17) is 30.5 Å². The summed E-state index contributed by atoms with van der Waals surface area (Å²) < 4.78 is 21.6. The number of ether oxygens (including phenoxy) is 4. The Bertz CT molecular complexity index is 996. The molecule has 1 unspecified atom stereocenters. The number of amides is 1. The smallest absolute Gasteiger partial charge is 0.258 e. The van der Waals surface area contributed by atoms with Gasteiger partial charge in [0.25, 0.3) is 5.91 Å². The second-order valence-electron chi connectivity index (χ2n) is 6.40. The minimum atomic E-state index is -1.38. The van der Waals surface area contributed by atoms with Gasteiger partial charge in [-0.3, -0.25) is 9.59 Å². The van der Waals surface area contributed by atoms with Gasteiger partial charge in [-0.15, -0.1) is 0 Å². The molecule has 0 spiro atoms. The third-order valence-corrected chi connectivity index (χ3v) is 4.37. The van der Waals surface area contributed by atoms with Crippen LogP contribution in [0.5, 0.6) is 23.0 Å². The highest BCUT2D eigenvalue weighted by Gasteiger charge is 2.25. The van der Waals surface area contributed by atoms with Crippen molar-refractivity contribution in [1.29, 1.82) is 0 Å². The number of hydrogen-bond acceptors (Lipinski definition) is 8. The summed E-state index contributed by atoms with van der Waals surface area (Å²) in [5.74, 6) is 0.461. The number of ketones is 1. The number of carbonyl (C=O) groups is 2. The Kier molecular flexibility index (Phi) is 9.27.